The van der Waals surface area contributed by atoms with Crippen molar-refractivity contribution in [2.75, 3.05) is 30.8 Å². The summed E-state index contributed by atoms with van der Waals surface area (Å²) in [6.07, 6.45) is 4.06. The molecule has 0 radical (unpaired) electrons. The molecule has 0 aliphatic heterocycles. The van der Waals surface area contributed by atoms with Gasteiger partial charge in [0.05, 0.1) is 29.4 Å². The number of hydrogen-bond acceptors (Lipinski definition) is 7. The summed E-state index contributed by atoms with van der Waals surface area (Å²) in [5, 5.41) is 21.2. The minimum Gasteiger partial charge on any atom is -0.369 e. The predicted octanol–water partition coefficient (Wildman–Crippen LogP) is 2.77. The van der Waals surface area contributed by atoms with Gasteiger partial charge in [-0.25, -0.2) is 4.98 Å². The predicted molar refractivity (Wildman–Crippen MR) is 123 cm³/mol. The number of rotatable bonds is 10. The molecule has 1 heterocycles. The molecule has 0 fully saturated rings. The van der Waals surface area contributed by atoms with E-state index < -0.39 is 0 Å². The maximum absolute atomic E-state index is 11.7. The van der Waals surface area contributed by atoms with E-state index in [0.717, 1.165) is 30.6 Å². The largest absolute Gasteiger partial charge is 0.369 e. The van der Waals surface area contributed by atoms with Crippen LogP contribution in [0, 0.1) is 23.2 Å². The van der Waals surface area contributed by atoms with Crippen molar-refractivity contribution in [3.8, 4) is 17.9 Å². The summed E-state index contributed by atoms with van der Waals surface area (Å²) >= 11 is 0. The van der Waals surface area contributed by atoms with Crippen LogP contribution in [-0.2, 0) is 4.79 Å². The van der Waals surface area contributed by atoms with E-state index in [1.165, 1.54) is 0 Å². The van der Waals surface area contributed by atoms with Crippen LogP contribution in [0.25, 0.3) is 0 Å². The highest BCUT2D eigenvalue weighted by atomic mass is 16.2. The van der Waals surface area contributed by atoms with Gasteiger partial charge in [-0.05, 0) is 45.0 Å². The number of hydrogen-bond donors (Lipinski definition) is 4. The molecule has 1 atom stereocenters. The van der Waals surface area contributed by atoms with Crippen molar-refractivity contribution in [2.45, 2.75) is 39.2 Å². The number of nitriles is 1. The molecule has 0 aliphatic carbocycles. The van der Waals surface area contributed by atoms with Gasteiger partial charge in [0.2, 0.25) is 11.9 Å². The zero-order valence-corrected chi connectivity index (χ0v) is 18.2. The summed E-state index contributed by atoms with van der Waals surface area (Å²) in [7, 11) is 1.76. The van der Waals surface area contributed by atoms with E-state index in [4.69, 9.17) is 5.26 Å². The molecular formula is C23H29N7O. The molecule has 1 aromatic heterocycles. The van der Waals surface area contributed by atoms with E-state index in [1.54, 1.807) is 31.4 Å². The first-order valence-corrected chi connectivity index (χ1v) is 10.4. The Hall–Kier alpha value is -3.62. The van der Waals surface area contributed by atoms with Crippen LogP contribution in [0.5, 0.6) is 0 Å². The lowest BCUT2D eigenvalue weighted by atomic mass is 10.2. The van der Waals surface area contributed by atoms with Crippen molar-refractivity contribution < 1.29 is 4.79 Å². The van der Waals surface area contributed by atoms with E-state index in [2.05, 4.69) is 56.1 Å². The average molecular weight is 420 g/mol. The van der Waals surface area contributed by atoms with Gasteiger partial charge in [0.15, 0.2) is 0 Å². The minimum atomic E-state index is -0.204. The van der Waals surface area contributed by atoms with E-state index >= 15 is 0 Å². The van der Waals surface area contributed by atoms with E-state index in [9.17, 15) is 4.79 Å². The number of carbonyl (C=O) groups is 1. The molecule has 0 spiro atoms. The normalized spacial score (nSPS) is 10.9. The third-order valence-electron chi connectivity index (χ3n) is 4.41. The zero-order valence-electron chi connectivity index (χ0n) is 18.2. The molecule has 31 heavy (non-hydrogen) atoms. The molecule has 162 valence electrons. The number of amides is 1. The van der Waals surface area contributed by atoms with Gasteiger partial charge in [0.1, 0.15) is 5.82 Å². The van der Waals surface area contributed by atoms with E-state index in [0.29, 0.717) is 30.3 Å². The van der Waals surface area contributed by atoms with Gasteiger partial charge in [0, 0.05) is 25.2 Å². The molecule has 0 saturated heterocycles. The molecule has 0 aliphatic rings. The van der Waals surface area contributed by atoms with Crippen molar-refractivity contribution in [3.63, 3.8) is 0 Å². The fraction of sp³-hybridized carbons (Fsp3) is 0.391. The molecule has 0 bridgehead atoms. The van der Waals surface area contributed by atoms with Crippen molar-refractivity contribution in [1.82, 2.24) is 20.6 Å². The quantitative estimate of drug-likeness (QED) is 0.346. The van der Waals surface area contributed by atoms with Crippen molar-refractivity contribution in [1.29, 1.82) is 5.26 Å². The fourth-order valence-corrected chi connectivity index (χ4v) is 2.54. The lowest BCUT2D eigenvalue weighted by Gasteiger charge is -2.10. The Labute approximate surface area is 183 Å². The number of likely N-dealkylation sites (N-methyl/N-ethyl adjacent to an activating group) is 1. The second-order valence-electron chi connectivity index (χ2n) is 6.91. The van der Waals surface area contributed by atoms with Crippen LogP contribution in [0.1, 0.15) is 44.2 Å². The number of benzene rings is 1. The number of nitrogens with one attached hydrogen (secondary N) is 4. The van der Waals surface area contributed by atoms with Crippen molar-refractivity contribution in [3.05, 3.63) is 41.6 Å². The fourth-order valence-electron chi connectivity index (χ4n) is 2.54. The second kappa shape index (κ2) is 12.8. The Morgan fingerprint density at radius 2 is 2.13 bits per heavy atom. The summed E-state index contributed by atoms with van der Waals surface area (Å²) in [5.74, 6) is 7.33. The topological polar surface area (TPSA) is 115 Å². The third kappa shape index (κ3) is 7.96. The Kier molecular flexibility index (Phi) is 9.80. The van der Waals surface area contributed by atoms with Gasteiger partial charge in [0.25, 0.3) is 0 Å². The maximum atomic E-state index is 11.7. The second-order valence-corrected chi connectivity index (χ2v) is 6.91. The minimum absolute atomic E-state index is 0.0155. The molecule has 8 nitrogen and oxygen atoms in total. The molecular weight excluding hydrogens is 390 g/mol. The zero-order chi connectivity index (χ0) is 22.5. The SMILES string of the molecule is CCCNc1nc(Nc2cccc(C#N)c2)ncc1C#CCCCNC(=O)[C@H](C)NC. The van der Waals surface area contributed by atoms with Gasteiger partial charge < -0.3 is 21.3 Å². The summed E-state index contributed by atoms with van der Waals surface area (Å²) in [6.45, 7) is 5.25. The van der Waals surface area contributed by atoms with Gasteiger partial charge in [-0.1, -0.05) is 24.8 Å². The highest BCUT2D eigenvalue weighted by Crippen LogP contribution is 2.18. The van der Waals surface area contributed by atoms with E-state index in [-0.39, 0.29) is 11.9 Å². The van der Waals surface area contributed by atoms with Crippen molar-refractivity contribution >= 4 is 23.4 Å². The first kappa shape index (κ1) is 23.7. The molecule has 2 aromatic rings. The summed E-state index contributed by atoms with van der Waals surface area (Å²) < 4.78 is 0. The van der Waals surface area contributed by atoms with Gasteiger partial charge in [-0.15, -0.1) is 0 Å². The van der Waals surface area contributed by atoms with Gasteiger partial charge >= 0.3 is 0 Å². The molecule has 1 amide bonds. The van der Waals surface area contributed by atoms with Crippen LogP contribution < -0.4 is 21.3 Å². The van der Waals surface area contributed by atoms with Crippen LogP contribution in [-0.4, -0.2) is 42.1 Å². The Balaban J connectivity index is 2.00. The molecule has 1 aromatic carbocycles. The Bertz CT molecular complexity index is 972. The Morgan fingerprint density at radius 1 is 1.29 bits per heavy atom. The highest BCUT2D eigenvalue weighted by Gasteiger charge is 2.08. The number of nitrogens with zero attached hydrogens (tertiary/aromatic N) is 3. The van der Waals surface area contributed by atoms with Crippen LogP contribution in [0.2, 0.25) is 0 Å². The monoisotopic (exact) mass is 419 g/mol. The van der Waals surface area contributed by atoms with Crippen LogP contribution in [0.4, 0.5) is 17.5 Å². The van der Waals surface area contributed by atoms with Gasteiger partial charge in [-0.2, -0.15) is 10.2 Å². The summed E-state index contributed by atoms with van der Waals surface area (Å²) in [4.78, 5) is 20.6. The third-order valence-corrected chi connectivity index (χ3v) is 4.41. The van der Waals surface area contributed by atoms with E-state index in [1.807, 2.05) is 13.0 Å². The maximum Gasteiger partial charge on any atom is 0.236 e. The Morgan fingerprint density at radius 3 is 2.87 bits per heavy atom. The number of carbonyl (C=O) groups excluding carboxylic acids is 1. The first-order valence-electron chi connectivity index (χ1n) is 10.4. The van der Waals surface area contributed by atoms with Crippen LogP contribution in [0.3, 0.4) is 0 Å². The number of unbranched alkanes of at least 4 members (excludes halogenated alkanes) is 1. The van der Waals surface area contributed by atoms with Crippen LogP contribution in [0.15, 0.2) is 30.5 Å². The van der Waals surface area contributed by atoms with Crippen LogP contribution >= 0.6 is 0 Å². The molecule has 0 unspecified atom stereocenters. The van der Waals surface area contributed by atoms with Crippen molar-refractivity contribution in [2.24, 2.45) is 0 Å². The molecule has 4 N–H and O–H groups in total. The lowest BCUT2D eigenvalue weighted by molar-refractivity contribution is -0.122. The highest BCUT2D eigenvalue weighted by molar-refractivity contribution is 5.81. The average Bonchev–Trinajstić information content (AvgIpc) is 2.80. The smallest absolute Gasteiger partial charge is 0.236 e. The molecule has 0 saturated carbocycles. The standard InChI is InChI=1S/C23H29N7O/c1-4-12-26-21-19(10-6-5-7-13-27-22(31)17(2)25-3)16-28-23(30-21)29-20-11-8-9-18(14-20)15-24/h8-9,11,14,16-17,25H,4-5,7,12-13H2,1-3H3,(H,27,31)(H2,26,28,29,30)/t17-/m0/s1. The first-order chi connectivity index (χ1) is 15.1. The lowest BCUT2D eigenvalue weighted by Crippen LogP contribution is -2.40. The summed E-state index contributed by atoms with van der Waals surface area (Å²) in [5.41, 5.74) is 2.03. The number of aromatic nitrogens is 2. The summed E-state index contributed by atoms with van der Waals surface area (Å²) in [6, 6.07) is 9.06. The molecule has 8 heteroatoms. The molecule has 2 rings (SSSR count). The van der Waals surface area contributed by atoms with Gasteiger partial charge in [-0.3, -0.25) is 4.79 Å². The number of anilines is 3.